The summed E-state index contributed by atoms with van der Waals surface area (Å²) in [5, 5.41) is 2.75. The molecule has 4 atom stereocenters. The highest BCUT2D eigenvalue weighted by atomic mass is 19.2. The maximum absolute atomic E-state index is 13.5. The van der Waals surface area contributed by atoms with Crippen molar-refractivity contribution in [2.45, 2.75) is 38.6 Å². The largest absolute Gasteiger partial charge is 0.477 e. The molecule has 1 amide bonds. The fraction of sp³-hybridized carbons (Fsp3) is 0.588. The zero-order valence-corrected chi connectivity index (χ0v) is 13.3. The van der Waals surface area contributed by atoms with Crippen molar-refractivity contribution in [3.8, 4) is 5.75 Å². The van der Waals surface area contributed by atoms with Gasteiger partial charge < -0.3 is 10.1 Å². The maximum Gasteiger partial charge on any atom is 0.258 e. The van der Waals surface area contributed by atoms with E-state index in [0.29, 0.717) is 11.8 Å². The topological polar surface area (TPSA) is 38.3 Å². The molecule has 0 saturated heterocycles. The molecule has 132 valence electrons. The molecule has 0 radical (unpaired) electrons. The summed E-state index contributed by atoms with van der Waals surface area (Å²) in [6, 6.07) is 0.0183. The Morgan fingerprint density at radius 3 is 2.42 bits per heavy atom. The summed E-state index contributed by atoms with van der Waals surface area (Å²) >= 11 is 0. The Morgan fingerprint density at radius 1 is 1.21 bits per heavy atom. The number of rotatable bonds is 5. The second kappa shape index (κ2) is 6.61. The maximum atomic E-state index is 13.5. The third-order valence-corrected chi connectivity index (χ3v) is 5.24. The van der Waals surface area contributed by atoms with Crippen molar-refractivity contribution in [3.63, 3.8) is 0 Å². The molecule has 0 heterocycles. The molecule has 2 saturated carbocycles. The Balaban J connectivity index is 1.56. The lowest BCUT2D eigenvalue weighted by Gasteiger charge is -2.28. The van der Waals surface area contributed by atoms with Crippen LogP contribution in [-0.2, 0) is 4.79 Å². The fourth-order valence-corrected chi connectivity index (χ4v) is 4.12. The van der Waals surface area contributed by atoms with Crippen LogP contribution in [0.25, 0.3) is 0 Å². The number of benzene rings is 1. The summed E-state index contributed by atoms with van der Waals surface area (Å²) in [5.74, 6) is -6.49. The van der Waals surface area contributed by atoms with Gasteiger partial charge in [0.1, 0.15) is 0 Å². The van der Waals surface area contributed by atoms with Crippen molar-refractivity contribution in [3.05, 3.63) is 29.3 Å². The van der Waals surface area contributed by atoms with Gasteiger partial charge in [0.15, 0.2) is 24.0 Å². The highest BCUT2D eigenvalue weighted by molar-refractivity contribution is 5.77. The predicted molar refractivity (Wildman–Crippen MR) is 78.3 cm³/mol. The van der Waals surface area contributed by atoms with Gasteiger partial charge in [-0.15, -0.1) is 0 Å². The van der Waals surface area contributed by atoms with Crippen LogP contribution in [0.1, 0.15) is 32.6 Å². The van der Waals surface area contributed by atoms with Gasteiger partial charge in [0, 0.05) is 12.1 Å². The predicted octanol–water partition coefficient (Wildman–Crippen LogP) is 3.56. The molecule has 0 unspecified atom stereocenters. The number of carbonyl (C=O) groups excluding carboxylic acids is 1. The number of fused-ring (bicyclic) bond motifs is 2. The average Bonchev–Trinajstić information content (AvgIpc) is 3.16. The van der Waals surface area contributed by atoms with Crippen molar-refractivity contribution >= 4 is 5.91 Å². The van der Waals surface area contributed by atoms with Gasteiger partial charge in [0.2, 0.25) is 11.6 Å². The van der Waals surface area contributed by atoms with Gasteiger partial charge >= 0.3 is 0 Å². The smallest absolute Gasteiger partial charge is 0.258 e. The molecule has 3 nitrogen and oxygen atoms in total. The van der Waals surface area contributed by atoms with E-state index in [-0.39, 0.29) is 12.1 Å². The molecular weight excluding hydrogens is 326 g/mol. The highest BCUT2D eigenvalue weighted by Crippen LogP contribution is 2.49. The molecule has 0 aliphatic heterocycles. The Bertz CT molecular complexity index is 626. The SMILES string of the molecule is C[C@H](NC(=O)COc1c(F)c(F)cc(F)c1F)[C@@H]1C[C@H]2CC[C@H]1C2. The Kier molecular flexibility index (Phi) is 4.69. The Morgan fingerprint density at radius 2 is 1.88 bits per heavy atom. The van der Waals surface area contributed by atoms with Gasteiger partial charge in [0.25, 0.3) is 5.91 Å². The van der Waals surface area contributed by atoms with Crippen LogP contribution in [0.4, 0.5) is 17.6 Å². The molecule has 3 rings (SSSR count). The van der Waals surface area contributed by atoms with E-state index in [0.717, 1.165) is 12.3 Å². The van der Waals surface area contributed by atoms with Crippen molar-refractivity contribution in [1.82, 2.24) is 5.32 Å². The van der Waals surface area contributed by atoms with E-state index in [1.165, 1.54) is 19.3 Å². The van der Waals surface area contributed by atoms with Crippen molar-refractivity contribution in [2.75, 3.05) is 6.61 Å². The van der Waals surface area contributed by atoms with E-state index in [4.69, 9.17) is 0 Å². The minimum Gasteiger partial charge on any atom is -0.477 e. The molecule has 1 aromatic rings. The third-order valence-electron chi connectivity index (χ3n) is 5.24. The van der Waals surface area contributed by atoms with Crippen LogP contribution in [-0.4, -0.2) is 18.6 Å². The molecule has 2 aliphatic carbocycles. The summed E-state index contributed by atoms with van der Waals surface area (Å²) in [7, 11) is 0. The molecule has 24 heavy (non-hydrogen) atoms. The third kappa shape index (κ3) is 3.21. The van der Waals surface area contributed by atoms with Crippen molar-refractivity contribution in [1.29, 1.82) is 0 Å². The minimum atomic E-state index is -1.65. The molecular formula is C17H19F4NO2. The highest BCUT2D eigenvalue weighted by Gasteiger charge is 2.42. The molecule has 7 heteroatoms. The first kappa shape index (κ1) is 17.0. The summed E-state index contributed by atoms with van der Waals surface area (Å²) in [5.41, 5.74) is 0. The monoisotopic (exact) mass is 345 g/mol. The summed E-state index contributed by atoms with van der Waals surface area (Å²) in [4.78, 5) is 11.9. The number of carbonyl (C=O) groups is 1. The number of amides is 1. The van der Waals surface area contributed by atoms with E-state index >= 15 is 0 Å². The molecule has 2 bridgehead atoms. The van der Waals surface area contributed by atoms with Crippen LogP contribution in [0.3, 0.4) is 0 Å². The molecule has 1 aromatic carbocycles. The second-order valence-corrected chi connectivity index (χ2v) is 6.78. The minimum absolute atomic E-state index is 0.0738. The summed E-state index contributed by atoms with van der Waals surface area (Å²) < 4.78 is 57.8. The number of hydrogen-bond donors (Lipinski definition) is 1. The average molecular weight is 345 g/mol. The van der Waals surface area contributed by atoms with Gasteiger partial charge in [-0.25, -0.2) is 8.78 Å². The first-order chi connectivity index (χ1) is 11.4. The quantitative estimate of drug-likeness (QED) is 0.655. The van der Waals surface area contributed by atoms with Crippen LogP contribution in [0, 0.1) is 41.0 Å². The summed E-state index contributed by atoms with van der Waals surface area (Å²) in [6.07, 6.45) is 4.69. The van der Waals surface area contributed by atoms with E-state index in [2.05, 4.69) is 10.1 Å². The number of ether oxygens (including phenoxy) is 1. The van der Waals surface area contributed by atoms with Crippen LogP contribution in [0.15, 0.2) is 6.07 Å². The lowest BCUT2D eigenvalue weighted by molar-refractivity contribution is -0.124. The standard InChI is InChI=1S/C17H19F4NO2/c1-8(11-5-9-2-3-10(11)4-9)22-14(23)7-24-17-15(20)12(18)6-13(19)16(17)21/h6,8-11H,2-5,7H2,1H3,(H,22,23)/t8-,9-,10-,11-/m0/s1. The van der Waals surface area contributed by atoms with Gasteiger partial charge in [-0.05, 0) is 43.9 Å². The lowest BCUT2D eigenvalue weighted by atomic mass is 9.84. The molecule has 1 N–H and O–H groups in total. The van der Waals surface area contributed by atoms with Crippen LogP contribution >= 0.6 is 0 Å². The van der Waals surface area contributed by atoms with Crippen LogP contribution in [0.2, 0.25) is 0 Å². The van der Waals surface area contributed by atoms with E-state index in [9.17, 15) is 22.4 Å². The van der Waals surface area contributed by atoms with Gasteiger partial charge in [-0.1, -0.05) is 6.42 Å². The number of halogens is 4. The zero-order chi connectivity index (χ0) is 17.4. The Labute approximate surface area is 137 Å². The van der Waals surface area contributed by atoms with E-state index in [1.807, 2.05) is 6.92 Å². The first-order valence-corrected chi connectivity index (χ1v) is 8.12. The first-order valence-electron chi connectivity index (χ1n) is 8.12. The van der Waals surface area contributed by atoms with Crippen LogP contribution < -0.4 is 10.1 Å². The molecule has 2 fully saturated rings. The fourth-order valence-electron chi connectivity index (χ4n) is 4.12. The normalized spacial score (nSPS) is 26.5. The molecule has 2 aliphatic rings. The lowest BCUT2D eigenvalue weighted by Crippen LogP contribution is -2.42. The van der Waals surface area contributed by atoms with Gasteiger partial charge in [-0.3, -0.25) is 4.79 Å². The van der Waals surface area contributed by atoms with Gasteiger partial charge in [0.05, 0.1) is 0 Å². The molecule has 0 aromatic heterocycles. The molecule has 0 spiro atoms. The van der Waals surface area contributed by atoms with Crippen molar-refractivity contribution in [2.24, 2.45) is 17.8 Å². The van der Waals surface area contributed by atoms with Crippen LogP contribution in [0.5, 0.6) is 5.75 Å². The Hall–Kier alpha value is -1.79. The van der Waals surface area contributed by atoms with Gasteiger partial charge in [-0.2, -0.15) is 8.78 Å². The zero-order valence-electron chi connectivity index (χ0n) is 13.3. The second-order valence-electron chi connectivity index (χ2n) is 6.78. The number of hydrogen-bond acceptors (Lipinski definition) is 2. The van der Waals surface area contributed by atoms with E-state index in [1.54, 1.807) is 0 Å². The summed E-state index contributed by atoms with van der Waals surface area (Å²) in [6.45, 7) is 1.19. The van der Waals surface area contributed by atoms with Crippen molar-refractivity contribution < 1.29 is 27.1 Å². The number of nitrogens with one attached hydrogen (secondary N) is 1. The van der Waals surface area contributed by atoms with E-state index < -0.39 is 41.5 Å².